The van der Waals surface area contributed by atoms with E-state index < -0.39 is 11.7 Å². The summed E-state index contributed by atoms with van der Waals surface area (Å²) >= 11 is 4.57. The minimum atomic E-state index is -0.544. The number of ether oxygens (including phenoxy) is 1. The van der Waals surface area contributed by atoms with Gasteiger partial charge in [0.2, 0.25) is 5.91 Å². The summed E-state index contributed by atoms with van der Waals surface area (Å²) in [5.74, 6) is -0.552. The molecule has 1 rings (SSSR count). The molecule has 0 heterocycles. The maximum absolute atomic E-state index is 13.3. The Kier molecular flexibility index (Phi) is 4.19. The molecular weight excluding hydrogens is 231 g/mol. The topological polar surface area (TPSA) is 64.3 Å². The highest BCUT2D eigenvalue weighted by atomic mass is 32.1. The van der Waals surface area contributed by atoms with E-state index in [0.717, 1.165) is 0 Å². The smallest absolute Gasteiger partial charge is 0.231 e. The number of benzene rings is 1. The summed E-state index contributed by atoms with van der Waals surface area (Å²) in [6.45, 7) is 0. The zero-order valence-electron chi connectivity index (χ0n) is 8.62. The lowest BCUT2D eigenvalue weighted by Gasteiger charge is -2.07. The molecule has 6 heteroatoms. The van der Waals surface area contributed by atoms with Gasteiger partial charge in [0.1, 0.15) is 11.6 Å². The molecule has 86 valence electrons. The summed E-state index contributed by atoms with van der Waals surface area (Å²) in [5.41, 5.74) is 5.24. The highest BCUT2D eigenvalue weighted by Crippen LogP contribution is 2.21. The summed E-state index contributed by atoms with van der Waals surface area (Å²) in [6, 6.07) is 4.04. The maximum Gasteiger partial charge on any atom is 0.231 e. The van der Waals surface area contributed by atoms with E-state index in [2.05, 4.69) is 17.5 Å². The van der Waals surface area contributed by atoms with Crippen molar-refractivity contribution in [2.75, 3.05) is 12.4 Å². The summed E-state index contributed by atoms with van der Waals surface area (Å²) in [4.78, 5) is 11.3. The molecule has 0 bridgehead atoms. The Morgan fingerprint density at radius 3 is 2.88 bits per heavy atom. The first kappa shape index (κ1) is 12.4. The normalized spacial score (nSPS) is 9.62. The van der Waals surface area contributed by atoms with Gasteiger partial charge in [-0.2, -0.15) is 0 Å². The molecule has 0 spiro atoms. The third kappa shape index (κ3) is 3.47. The van der Waals surface area contributed by atoms with E-state index in [1.807, 2.05) is 0 Å². The molecule has 0 fully saturated rings. The Hall–Kier alpha value is -1.69. The molecule has 0 aliphatic heterocycles. The summed E-state index contributed by atoms with van der Waals surface area (Å²) in [7, 11) is 1.45. The van der Waals surface area contributed by atoms with Crippen LogP contribution in [0.15, 0.2) is 18.2 Å². The molecule has 0 saturated heterocycles. The van der Waals surface area contributed by atoms with Crippen LogP contribution in [0.1, 0.15) is 6.42 Å². The molecule has 3 N–H and O–H groups in total. The van der Waals surface area contributed by atoms with Gasteiger partial charge in [-0.1, -0.05) is 12.2 Å². The van der Waals surface area contributed by atoms with Crippen LogP contribution in [0.4, 0.5) is 10.1 Å². The van der Waals surface area contributed by atoms with Crippen molar-refractivity contribution in [3.63, 3.8) is 0 Å². The first-order valence-electron chi connectivity index (χ1n) is 4.44. The first-order valence-corrected chi connectivity index (χ1v) is 4.85. The minimum absolute atomic E-state index is 0.0422. The average molecular weight is 242 g/mol. The number of halogens is 1. The Bertz CT molecular complexity index is 423. The van der Waals surface area contributed by atoms with Crippen LogP contribution in [-0.2, 0) is 4.79 Å². The lowest BCUT2D eigenvalue weighted by molar-refractivity contribution is -0.115. The highest BCUT2D eigenvalue weighted by Gasteiger charge is 2.08. The molecule has 1 aromatic carbocycles. The highest BCUT2D eigenvalue weighted by molar-refractivity contribution is 7.80. The maximum atomic E-state index is 13.3. The number of hydrogen-bond acceptors (Lipinski definition) is 3. The summed E-state index contributed by atoms with van der Waals surface area (Å²) in [6.07, 6.45) is -0.119. The van der Waals surface area contributed by atoms with Crippen LogP contribution in [-0.4, -0.2) is 18.0 Å². The fourth-order valence-electron chi connectivity index (χ4n) is 1.08. The van der Waals surface area contributed by atoms with Crippen molar-refractivity contribution >= 4 is 28.8 Å². The van der Waals surface area contributed by atoms with Gasteiger partial charge in [-0.25, -0.2) is 4.39 Å². The van der Waals surface area contributed by atoms with Crippen molar-refractivity contribution in [3.05, 3.63) is 24.0 Å². The van der Waals surface area contributed by atoms with E-state index in [1.54, 1.807) is 0 Å². The molecule has 1 aromatic rings. The minimum Gasteiger partial charge on any atom is -0.497 e. The fraction of sp³-hybridized carbons (Fsp3) is 0.200. The standard InChI is InChI=1S/C10H11FN2O2S/c1-15-6-2-3-7(11)8(4-6)13-10(14)5-9(12)16/h2-4H,5H2,1H3,(H2,12,16)(H,13,14). The predicted octanol–water partition coefficient (Wildman–Crippen LogP) is 1.45. The van der Waals surface area contributed by atoms with Gasteiger partial charge in [0.25, 0.3) is 0 Å². The molecule has 0 aliphatic carbocycles. The second kappa shape index (κ2) is 5.41. The van der Waals surface area contributed by atoms with Crippen LogP contribution in [0.2, 0.25) is 0 Å². The molecular formula is C10H11FN2O2S. The van der Waals surface area contributed by atoms with Gasteiger partial charge in [0.15, 0.2) is 0 Å². The fourth-order valence-corrected chi connectivity index (χ4v) is 1.21. The van der Waals surface area contributed by atoms with Crippen LogP contribution in [0.25, 0.3) is 0 Å². The van der Waals surface area contributed by atoms with Crippen molar-refractivity contribution < 1.29 is 13.9 Å². The molecule has 16 heavy (non-hydrogen) atoms. The zero-order chi connectivity index (χ0) is 12.1. The van der Waals surface area contributed by atoms with Gasteiger partial charge in [-0.05, 0) is 12.1 Å². The van der Waals surface area contributed by atoms with Crippen molar-refractivity contribution in [2.45, 2.75) is 6.42 Å². The SMILES string of the molecule is COc1ccc(F)c(NC(=O)CC(N)=S)c1. The lowest BCUT2D eigenvalue weighted by atomic mass is 10.2. The van der Waals surface area contributed by atoms with E-state index in [4.69, 9.17) is 10.5 Å². The van der Waals surface area contributed by atoms with Crippen LogP contribution in [0, 0.1) is 5.82 Å². The van der Waals surface area contributed by atoms with E-state index in [0.29, 0.717) is 5.75 Å². The monoisotopic (exact) mass is 242 g/mol. The number of thiocarbonyl (C=S) groups is 1. The molecule has 0 atom stereocenters. The van der Waals surface area contributed by atoms with E-state index in [9.17, 15) is 9.18 Å². The first-order chi connectivity index (χ1) is 7.52. The summed E-state index contributed by atoms with van der Waals surface area (Å²) < 4.78 is 18.2. The van der Waals surface area contributed by atoms with E-state index >= 15 is 0 Å². The van der Waals surface area contributed by atoms with Crippen LogP contribution >= 0.6 is 12.2 Å². The molecule has 1 amide bonds. The number of rotatable bonds is 4. The zero-order valence-corrected chi connectivity index (χ0v) is 9.44. The third-order valence-corrected chi connectivity index (χ3v) is 1.93. The number of methoxy groups -OCH3 is 1. The third-order valence-electron chi connectivity index (χ3n) is 1.78. The van der Waals surface area contributed by atoms with Crippen LogP contribution in [0.5, 0.6) is 5.75 Å². The number of nitrogens with two attached hydrogens (primary N) is 1. The Balaban J connectivity index is 2.79. The van der Waals surface area contributed by atoms with Crippen LogP contribution in [0.3, 0.4) is 0 Å². The number of hydrogen-bond donors (Lipinski definition) is 2. The number of amides is 1. The van der Waals surface area contributed by atoms with E-state index in [-0.39, 0.29) is 17.1 Å². The van der Waals surface area contributed by atoms with Crippen molar-refractivity contribution in [3.8, 4) is 5.75 Å². The quantitative estimate of drug-likeness (QED) is 0.784. The molecule has 0 radical (unpaired) electrons. The van der Waals surface area contributed by atoms with Crippen molar-refractivity contribution in [1.29, 1.82) is 0 Å². The number of carbonyl (C=O) groups is 1. The lowest BCUT2D eigenvalue weighted by Crippen LogP contribution is -2.20. The van der Waals surface area contributed by atoms with Gasteiger partial charge in [0, 0.05) is 6.07 Å². The predicted molar refractivity (Wildman–Crippen MR) is 63.0 cm³/mol. The Labute approximate surface area is 97.6 Å². The van der Waals surface area contributed by atoms with Gasteiger partial charge >= 0.3 is 0 Å². The molecule has 0 aliphatic rings. The van der Waals surface area contributed by atoms with Crippen molar-refractivity contribution in [2.24, 2.45) is 5.73 Å². The van der Waals surface area contributed by atoms with Gasteiger partial charge in [0.05, 0.1) is 24.2 Å². The van der Waals surface area contributed by atoms with Gasteiger partial charge in [-0.3, -0.25) is 4.79 Å². The number of nitrogens with one attached hydrogen (secondary N) is 1. The molecule has 0 unspecified atom stereocenters. The molecule has 0 aromatic heterocycles. The number of carbonyl (C=O) groups excluding carboxylic acids is 1. The number of anilines is 1. The van der Waals surface area contributed by atoms with Gasteiger partial charge in [-0.15, -0.1) is 0 Å². The van der Waals surface area contributed by atoms with E-state index in [1.165, 1.54) is 25.3 Å². The molecule has 4 nitrogen and oxygen atoms in total. The second-order valence-electron chi connectivity index (χ2n) is 3.04. The Morgan fingerprint density at radius 2 is 2.31 bits per heavy atom. The summed E-state index contributed by atoms with van der Waals surface area (Å²) in [5, 5.41) is 2.35. The average Bonchev–Trinajstić information content (AvgIpc) is 2.20. The van der Waals surface area contributed by atoms with Crippen molar-refractivity contribution in [1.82, 2.24) is 0 Å². The Morgan fingerprint density at radius 1 is 1.62 bits per heavy atom. The van der Waals surface area contributed by atoms with Crippen LogP contribution < -0.4 is 15.8 Å². The second-order valence-corrected chi connectivity index (χ2v) is 3.56. The van der Waals surface area contributed by atoms with Gasteiger partial charge < -0.3 is 15.8 Å². The molecule has 0 saturated carbocycles. The largest absolute Gasteiger partial charge is 0.497 e.